The van der Waals surface area contributed by atoms with Crippen molar-refractivity contribution < 1.29 is 14.3 Å². The second-order valence-electron chi connectivity index (χ2n) is 6.75. The van der Waals surface area contributed by atoms with Gasteiger partial charge in [0.1, 0.15) is 5.75 Å². The van der Waals surface area contributed by atoms with Crippen LogP contribution in [0, 0.1) is 0 Å². The van der Waals surface area contributed by atoms with Crippen molar-refractivity contribution in [1.29, 1.82) is 0 Å². The van der Waals surface area contributed by atoms with Crippen LogP contribution in [0.5, 0.6) is 5.75 Å². The predicted octanol–water partition coefficient (Wildman–Crippen LogP) is 2.60. The van der Waals surface area contributed by atoms with E-state index < -0.39 is 0 Å². The van der Waals surface area contributed by atoms with Crippen LogP contribution in [0.2, 0.25) is 0 Å². The van der Waals surface area contributed by atoms with Crippen LogP contribution in [0.1, 0.15) is 17.4 Å². The van der Waals surface area contributed by atoms with Crippen LogP contribution in [0.25, 0.3) is 0 Å². The number of carbonyl (C=O) groups excluding carboxylic acids is 2. The second kappa shape index (κ2) is 8.54. The zero-order chi connectivity index (χ0) is 19.4. The summed E-state index contributed by atoms with van der Waals surface area (Å²) in [5.74, 6) is 0.579. The molecule has 2 amide bonds. The number of nitrogens with zero attached hydrogens (tertiary/aromatic N) is 2. The van der Waals surface area contributed by atoms with Crippen molar-refractivity contribution in [3.05, 3.63) is 46.2 Å². The van der Waals surface area contributed by atoms with Crippen LogP contribution in [0.15, 0.2) is 35.7 Å². The molecule has 1 aliphatic rings. The number of nitrogens with one attached hydrogen (secondary N) is 1. The normalized spacial score (nSPS) is 14.6. The van der Waals surface area contributed by atoms with Crippen molar-refractivity contribution in [3.63, 3.8) is 0 Å². The first-order valence-electron chi connectivity index (χ1n) is 8.96. The molecule has 0 spiro atoms. The van der Waals surface area contributed by atoms with Crippen molar-refractivity contribution in [3.8, 4) is 5.75 Å². The average molecular weight is 388 g/mol. The van der Waals surface area contributed by atoms with Gasteiger partial charge in [-0.1, -0.05) is 6.07 Å². The first kappa shape index (κ1) is 19.4. The summed E-state index contributed by atoms with van der Waals surface area (Å²) in [5, 5.41) is 4.93. The van der Waals surface area contributed by atoms with Crippen molar-refractivity contribution in [2.75, 3.05) is 32.6 Å². The first-order chi connectivity index (χ1) is 13.0. The SMILES string of the molecule is COc1cccc(NC(=O)CN(C)C(C)C(=O)N2CCc3sccc3C2)c1. The van der Waals surface area contributed by atoms with E-state index in [1.54, 1.807) is 42.5 Å². The minimum Gasteiger partial charge on any atom is -0.497 e. The molecule has 1 aromatic heterocycles. The largest absolute Gasteiger partial charge is 0.497 e. The lowest BCUT2D eigenvalue weighted by molar-refractivity contribution is -0.137. The van der Waals surface area contributed by atoms with Crippen LogP contribution in [-0.2, 0) is 22.6 Å². The summed E-state index contributed by atoms with van der Waals surface area (Å²) in [6.45, 7) is 3.39. The van der Waals surface area contributed by atoms with Gasteiger partial charge in [0.15, 0.2) is 0 Å². The lowest BCUT2D eigenvalue weighted by Gasteiger charge is -2.32. The molecule has 1 aliphatic heterocycles. The number of thiophene rings is 1. The maximum atomic E-state index is 12.8. The Morgan fingerprint density at radius 3 is 2.96 bits per heavy atom. The van der Waals surface area contributed by atoms with E-state index in [9.17, 15) is 9.59 Å². The summed E-state index contributed by atoms with van der Waals surface area (Å²) >= 11 is 1.76. The van der Waals surface area contributed by atoms with Gasteiger partial charge in [-0.15, -0.1) is 11.3 Å². The van der Waals surface area contributed by atoms with E-state index in [0.717, 1.165) is 13.0 Å². The van der Waals surface area contributed by atoms with Gasteiger partial charge in [0.25, 0.3) is 0 Å². The summed E-state index contributed by atoms with van der Waals surface area (Å²) in [4.78, 5) is 30.2. The topological polar surface area (TPSA) is 61.9 Å². The van der Waals surface area contributed by atoms with E-state index in [0.29, 0.717) is 18.0 Å². The highest BCUT2D eigenvalue weighted by molar-refractivity contribution is 7.10. The quantitative estimate of drug-likeness (QED) is 0.828. The fourth-order valence-corrected chi connectivity index (χ4v) is 4.04. The van der Waals surface area contributed by atoms with Gasteiger partial charge >= 0.3 is 0 Å². The molecule has 3 rings (SSSR count). The van der Waals surface area contributed by atoms with E-state index in [4.69, 9.17) is 4.74 Å². The number of ether oxygens (including phenoxy) is 1. The lowest BCUT2D eigenvalue weighted by Crippen LogP contribution is -2.48. The zero-order valence-electron chi connectivity index (χ0n) is 15.9. The molecule has 1 aromatic carbocycles. The van der Waals surface area contributed by atoms with E-state index in [2.05, 4.69) is 16.8 Å². The van der Waals surface area contributed by atoms with Gasteiger partial charge in [-0.05, 0) is 49.5 Å². The molecule has 0 radical (unpaired) electrons. The second-order valence-corrected chi connectivity index (χ2v) is 7.75. The van der Waals surface area contributed by atoms with Gasteiger partial charge in [-0.3, -0.25) is 14.5 Å². The molecule has 0 fully saturated rings. The molecular weight excluding hydrogens is 362 g/mol. The number of benzene rings is 1. The summed E-state index contributed by atoms with van der Waals surface area (Å²) in [6, 6.07) is 8.94. The summed E-state index contributed by atoms with van der Waals surface area (Å²) < 4.78 is 5.16. The number of anilines is 1. The van der Waals surface area contributed by atoms with E-state index in [1.807, 2.05) is 24.0 Å². The van der Waals surface area contributed by atoms with Crippen molar-refractivity contribution >= 4 is 28.8 Å². The van der Waals surface area contributed by atoms with Crippen LogP contribution in [0.4, 0.5) is 5.69 Å². The van der Waals surface area contributed by atoms with Crippen molar-refractivity contribution in [1.82, 2.24) is 9.80 Å². The van der Waals surface area contributed by atoms with Crippen molar-refractivity contribution in [2.24, 2.45) is 0 Å². The molecule has 0 saturated heterocycles. The Bertz CT molecular complexity index is 820. The van der Waals surface area contributed by atoms with Crippen LogP contribution in [-0.4, -0.2) is 54.9 Å². The van der Waals surface area contributed by atoms with Gasteiger partial charge in [-0.25, -0.2) is 0 Å². The first-order valence-corrected chi connectivity index (χ1v) is 9.84. The Hall–Kier alpha value is -2.38. The average Bonchev–Trinajstić information content (AvgIpc) is 3.14. The molecular formula is C20H25N3O3S. The Balaban J connectivity index is 1.54. The van der Waals surface area contributed by atoms with Crippen molar-refractivity contribution in [2.45, 2.75) is 25.9 Å². The molecule has 2 heterocycles. The van der Waals surface area contributed by atoms with Gasteiger partial charge < -0.3 is 15.0 Å². The number of hydrogen-bond donors (Lipinski definition) is 1. The van der Waals surface area contributed by atoms with E-state index >= 15 is 0 Å². The minimum atomic E-state index is -0.360. The third-order valence-electron chi connectivity index (χ3n) is 4.88. The summed E-state index contributed by atoms with van der Waals surface area (Å²) in [7, 11) is 3.38. The molecule has 0 aliphatic carbocycles. The van der Waals surface area contributed by atoms with E-state index in [1.165, 1.54) is 10.4 Å². The molecule has 6 nitrogen and oxygen atoms in total. The Kier molecular flexibility index (Phi) is 6.13. The molecule has 144 valence electrons. The summed E-state index contributed by atoms with van der Waals surface area (Å²) in [6.07, 6.45) is 0.908. The predicted molar refractivity (Wildman–Crippen MR) is 107 cm³/mol. The fraction of sp³-hybridized carbons (Fsp3) is 0.400. The van der Waals surface area contributed by atoms with Gasteiger partial charge in [0.05, 0.1) is 19.7 Å². The molecule has 27 heavy (non-hydrogen) atoms. The maximum Gasteiger partial charge on any atom is 0.239 e. The monoisotopic (exact) mass is 387 g/mol. The highest BCUT2D eigenvalue weighted by atomic mass is 32.1. The number of rotatable bonds is 6. The van der Waals surface area contributed by atoms with Gasteiger partial charge in [0.2, 0.25) is 11.8 Å². The Morgan fingerprint density at radius 2 is 2.19 bits per heavy atom. The van der Waals surface area contributed by atoms with Crippen LogP contribution in [0.3, 0.4) is 0 Å². The minimum absolute atomic E-state index is 0.0588. The Morgan fingerprint density at radius 1 is 1.37 bits per heavy atom. The Labute approximate surface area is 163 Å². The van der Waals surface area contributed by atoms with Crippen LogP contribution < -0.4 is 10.1 Å². The molecule has 1 unspecified atom stereocenters. The number of likely N-dealkylation sites (N-methyl/N-ethyl adjacent to an activating group) is 1. The molecule has 2 aromatic rings. The third kappa shape index (κ3) is 4.67. The number of methoxy groups -OCH3 is 1. The summed E-state index contributed by atoms with van der Waals surface area (Å²) in [5.41, 5.74) is 1.91. The zero-order valence-corrected chi connectivity index (χ0v) is 16.7. The molecule has 0 bridgehead atoms. The standard InChI is InChI=1S/C20H25N3O3S/c1-14(20(25)23-9-7-18-15(12-23)8-10-27-18)22(2)13-19(24)21-16-5-4-6-17(11-16)26-3/h4-6,8,10-11,14H,7,9,12-13H2,1-3H3,(H,21,24). The third-order valence-corrected chi connectivity index (χ3v) is 5.91. The number of carbonyl (C=O) groups is 2. The molecule has 0 saturated carbocycles. The lowest BCUT2D eigenvalue weighted by atomic mass is 10.1. The van der Waals surface area contributed by atoms with E-state index in [-0.39, 0.29) is 24.4 Å². The smallest absolute Gasteiger partial charge is 0.239 e. The fourth-order valence-electron chi connectivity index (χ4n) is 3.15. The number of fused-ring (bicyclic) bond motifs is 1. The molecule has 1 N–H and O–H groups in total. The van der Waals surface area contributed by atoms with Gasteiger partial charge in [-0.2, -0.15) is 0 Å². The van der Waals surface area contributed by atoms with Gasteiger partial charge in [0, 0.05) is 29.7 Å². The molecule has 1 atom stereocenters. The maximum absolute atomic E-state index is 12.8. The molecule has 7 heteroatoms. The van der Waals surface area contributed by atoms with Crippen LogP contribution >= 0.6 is 11.3 Å². The number of hydrogen-bond acceptors (Lipinski definition) is 5. The highest BCUT2D eigenvalue weighted by Crippen LogP contribution is 2.24. The number of amides is 2. The highest BCUT2D eigenvalue weighted by Gasteiger charge is 2.28.